The van der Waals surface area contributed by atoms with Crippen LogP contribution < -0.4 is 0 Å². The third-order valence-corrected chi connectivity index (χ3v) is 6.40. The zero-order valence-electron chi connectivity index (χ0n) is 14.9. The van der Waals surface area contributed by atoms with E-state index < -0.39 is 0 Å². The van der Waals surface area contributed by atoms with Crippen molar-refractivity contribution in [3.8, 4) is 0 Å². The lowest BCUT2D eigenvalue weighted by Gasteiger charge is -2.43. The molecule has 26 heavy (non-hydrogen) atoms. The Balaban J connectivity index is 1.39. The van der Waals surface area contributed by atoms with Gasteiger partial charge in [-0.25, -0.2) is 4.98 Å². The molecule has 4 rings (SSSR count). The molecule has 0 bridgehead atoms. The second-order valence-corrected chi connectivity index (χ2v) is 8.32. The molecule has 0 aromatic carbocycles. The monoisotopic (exact) mass is 379 g/mol. The molecule has 0 N–H and O–H groups in total. The van der Waals surface area contributed by atoms with Gasteiger partial charge in [0.25, 0.3) is 0 Å². The number of carbonyl (C=O) groups is 2. The number of amides is 2. The zero-order valence-corrected chi connectivity index (χ0v) is 15.7. The minimum atomic E-state index is -0.341. The van der Waals surface area contributed by atoms with Crippen molar-refractivity contribution in [2.75, 3.05) is 39.5 Å². The van der Waals surface area contributed by atoms with E-state index in [1.807, 2.05) is 15.2 Å². The SMILES string of the molecule is O=C1CCOC2(CCN(C(=O)C3CCOC3)CC2)CN1Cc1nccs1. The first-order valence-electron chi connectivity index (χ1n) is 9.32. The Kier molecular flexibility index (Phi) is 5.24. The molecule has 0 saturated carbocycles. The van der Waals surface area contributed by atoms with Crippen molar-refractivity contribution in [2.24, 2.45) is 5.92 Å². The molecule has 142 valence electrons. The van der Waals surface area contributed by atoms with Crippen LogP contribution in [0.4, 0.5) is 0 Å². The average Bonchev–Trinajstić information content (AvgIpc) is 3.33. The van der Waals surface area contributed by atoms with Crippen molar-refractivity contribution in [3.63, 3.8) is 0 Å². The molecule has 4 heterocycles. The van der Waals surface area contributed by atoms with Gasteiger partial charge in [-0.1, -0.05) is 0 Å². The highest BCUT2D eigenvalue weighted by atomic mass is 32.1. The van der Waals surface area contributed by atoms with Crippen LogP contribution in [0.25, 0.3) is 0 Å². The van der Waals surface area contributed by atoms with Gasteiger partial charge in [-0.15, -0.1) is 11.3 Å². The van der Waals surface area contributed by atoms with E-state index in [0.29, 0.717) is 52.4 Å². The number of thiazole rings is 1. The van der Waals surface area contributed by atoms with Gasteiger partial charge in [-0.2, -0.15) is 0 Å². The molecule has 8 heteroatoms. The number of carbonyl (C=O) groups excluding carboxylic acids is 2. The van der Waals surface area contributed by atoms with Crippen molar-refractivity contribution < 1.29 is 19.1 Å². The Morgan fingerprint density at radius 1 is 1.35 bits per heavy atom. The summed E-state index contributed by atoms with van der Waals surface area (Å²) in [4.78, 5) is 33.2. The molecule has 3 saturated heterocycles. The summed E-state index contributed by atoms with van der Waals surface area (Å²) in [6.45, 7) is 4.20. The Hall–Kier alpha value is -1.51. The Bertz CT molecular complexity index is 637. The van der Waals surface area contributed by atoms with Crippen molar-refractivity contribution >= 4 is 23.2 Å². The second kappa shape index (κ2) is 7.62. The maximum atomic E-state index is 12.6. The van der Waals surface area contributed by atoms with E-state index in [2.05, 4.69) is 4.98 Å². The van der Waals surface area contributed by atoms with Gasteiger partial charge in [0.2, 0.25) is 11.8 Å². The van der Waals surface area contributed by atoms with E-state index in [9.17, 15) is 9.59 Å². The summed E-state index contributed by atoms with van der Waals surface area (Å²) in [7, 11) is 0. The van der Waals surface area contributed by atoms with Crippen LogP contribution in [0.3, 0.4) is 0 Å². The number of nitrogens with zero attached hydrogens (tertiary/aromatic N) is 3. The normalized spacial score (nSPS) is 26.3. The van der Waals surface area contributed by atoms with Crippen LogP contribution >= 0.6 is 11.3 Å². The van der Waals surface area contributed by atoms with Gasteiger partial charge in [0, 0.05) is 31.3 Å². The van der Waals surface area contributed by atoms with Gasteiger partial charge in [0.05, 0.1) is 44.2 Å². The summed E-state index contributed by atoms with van der Waals surface area (Å²) < 4.78 is 11.5. The molecular weight excluding hydrogens is 354 g/mol. The van der Waals surface area contributed by atoms with Crippen LogP contribution in [-0.4, -0.2) is 71.7 Å². The quantitative estimate of drug-likeness (QED) is 0.791. The minimum absolute atomic E-state index is 0.0158. The number of ether oxygens (including phenoxy) is 2. The zero-order chi connectivity index (χ0) is 18.0. The number of aromatic nitrogens is 1. The molecule has 1 unspecified atom stereocenters. The summed E-state index contributed by atoms with van der Waals surface area (Å²) in [6.07, 6.45) is 4.55. The van der Waals surface area contributed by atoms with E-state index in [4.69, 9.17) is 9.47 Å². The van der Waals surface area contributed by atoms with Crippen LogP contribution in [0.15, 0.2) is 11.6 Å². The first kappa shape index (κ1) is 17.9. The molecule has 0 aliphatic carbocycles. The largest absolute Gasteiger partial charge is 0.381 e. The fourth-order valence-electron chi connectivity index (χ4n) is 4.06. The smallest absolute Gasteiger partial charge is 0.228 e. The second-order valence-electron chi connectivity index (χ2n) is 7.34. The topological polar surface area (TPSA) is 72.0 Å². The molecule has 1 aromatic heterocycles. The molecule has 3 aliphatic rings. The fraction of sp³-hybridized carbons (Fsp3) is 0.722. The predicted octanol–water partition coefficient (Wildman–Crippen LogP) is 1.29. The maximum Gasteiger partial charge on any atom is 0.228 e. The highest BCUT2D eigenvalue weighted by molar-refractivity contribution is 7.09. The van der Waals surface area contributed by atoms with E-state index in [1.165, 1.54) is 0 Å². The van der Waals surface area contributed by atoms with Crippen LogP contribution in [0, 0.1) is 5.92 Å². The highest BCUT2D eigenvalue weighted by Gasteiger charge is 2.42. The van der Waals surface area contributed by atoms with Crippen LogP contribution in [-0.2, 0) is 25.6 Å². The molecule has 3 fully saturated rings. The first-order valence-corrected chi connectivity index (χ1v) is 10.2. The van der Waals surface area contributed by atoms with Crippen LogP contribution in [0.2, 0.25) is 0 Å². The Morgan fingerprint density at radius 3 is 2.88 bits per heavy atom. The van der Waals surface area contributed by atoms with E-state index in [0.717, 1.165) is 24.3 Å². The van der Waals surface area contributed by atoms with Crippen molar-refractivity contribution in [1.82, 2.24) is 14.8 Å². The van der Waals surface area contributed by atoms with E-state index in [1.54, 1.807) is 17.5 Å². The Morgan fingerprint density at radius 2 is 2.19 bits per heavy atom. The lowest BCUT2D eigenvalue weighted by Crippen LogP contribution is -2.53. The molecule has 3 aliphatic heterocycles. The lowest BCUT2D eigenvalue weighted by atomic mass is 9.89. The predicted molar refractivity (Wildman–Crippen MR) is 95.6 cm³/mol. The van der Waals surface area contributed by atoms with Gasteiger partial charge >= 0.3 is 0 Å². The molecule has 2 amide bonds. The number of hydrogen-bond acceptors (Lipinski definition) is 6. The summed E-state index contributed by atoms with van der Waals surface area (Å²) >= 11 is 1.57. The molecule has 1 atom stereocenters. The summed E-state index contributed by atoms with van der Waals surface area (Å²) in [5.41, 5.74) is -0.341. The molecule has 1 aromatic rings. The standard InChI is InChI=1S/C18H25N3O4S/c22-16-2-9-25-18(13-21(16)11-15-19-5-10-26-15)3-6-20(7-4-18)17(23)14-1-8-24-12-14/h5,10,14H,1-4,6-9,11-13H2. The highest BCUT2D eigenvalue weighted by Crippen LogP contribution is 2.32. The molecule has 1 spiro atoms. The third kappa shape index (κ3) is 3.77. The number of piperidine rings is 1. The molecular formula is C18H25N3O4S. The summed E-state index contributed by atoms with van der Waals surface area (Å²) in [5.74, 6) is 0.349. The van der Waals surface area contributed by atoms with E-state index in [-0.39, 0.29) is 23.3 Å². The van der Waals surface area contributed by atoms with Crippen LogP contribution in [0.1, 0.15) is 30.7 Å². The van der Waals surface area contributed by atoms with Crippen LogP contribution in [0.5, 0.6) is 0 Å². The third-order valence-electron chi connectivity index (χ3n) is 5.63. The lowest BCUT2D eigenvalue weighted by molar-refractivity contribution is -0.143. The van der Waals surface area contributed by atoms with Crippen molar-refractivity contribution in [1.29, 1.82) is 0 Å². The molecule has 0 radical (unpaired) electrons. The molecule has 7 nitrogen and oxygen atoms in total. The van der Waals surface area contributed by atoms with Gasteiger partial charge in [-0.3, -0.25) is 9.59 Å². The van der Waals surface area contributed by atoms with Gasteiger partial charge in [0.1, 0.15) is 5.01 Å². The summed E-state index contributed by atoms with van der Waals surface area (Å²) in [5, 5.41) is 2.88. The fourth-order valence-corrected chi connectivity index (χ4v) is 4.69. The number of rotatable bonds is 3. The van der Waals surface area contributed by atoms with Crippen molar-refractivity contribution in [3.05, 3.63) is 16.6 Å². The maximum absolute atomic E-state index is 12.6. The van der Waals surface area contributed by atoms with Gasteiger partial charge in [-0.05, 0) is 19.3 Å². The average molecular weight is 379 g/mol. The number of hydrogen-bond donors (Lipinski definition) is 0. The summed E-state index contributed by atoms with van der Waals surface area (Å²) in [6, 6.07) is 0. The van der Waals surface area contributed by atoms with Crippen molar-refractivity contribution in [2.45, 2.75) is 37.8 Å². The van der Waals surface area contributed by atoms with E-state index >= 15 is 0 Å². The van der Waals surface area contributed by atoms with Gasteiger partial charge < -0.3 is 19.3 Å². The first-order chi connectivity index (χ1) is 12.7. The Labute approximate surface area is 157 Å². The van der Waals surface area contributed by atoms with Gasteiger partial charge in [0.15, 0.2) is 0 Å². The number of likely N-dealkylation sites (tertiary alicyclic amines) is 1. The minimum Gasteiger partial charge on any atom is -0.381 e.